The Morgan fingerprint density at radius 2 is 2.33 bits per heavy atom. The van der Waals surface area contributed by atoms with Crippen molar-refractivity contribution in [2.24, 2.45) is 0 Å². The molecule has 1 fully saturated rings. The summed E-state index contributed by atoms with van der Waals surface area (Å²) in [5.41, 5.74) is 5.37. The van der Waals surface area contributed by atoms with E-state index in [2.05, 4.69) is 16.9 Å². The monoisotopic (exact) mass is 250 g/mol. The maximum Gasteiger partial charge on any atom is 0.333 e. The summed E-state index contributed by atoms with van der Waals surface area (Å²) < 4.78 is 0. The molecular formula is C8H15ClN4OS. The average molecular weight is 251 g/mol. The molecule has 1 rings (SSSR count). The minimum atomic E-state index is -0.297. The fraction of sp³-hybridized carbons (Fsp3) is 0.750. The summed E-state index contributed by atoms with van der Waals surface area (Å²) in [5, 5.41) is 8.76. The Balaban J connectivity index is 0.00000196. The summed E-state index contributed by atoms with van der Waals surface area (Å²) in [7, 11) is 0. The molecule has 0 aromatic heterocycles. The lowest BCUT2D eigenvalue weighted by Crippen LogP contribution is -2.50. The quantitative estimate of drug-likeness (QED) is 0.716. The van der Waals surface area contributed by atoms with Crippen molar-refractivity contribution in [1.82, 2.24) is 15.8 Å². The smallest absolute Gasteiger partial charge is 0.298 e. The van der Waals surface area contributed by atoms with Gasteiger partial charge in [-0.3, -0.25) is 10.3 Å². The number of halogens is 1. The van der Waals surface area contributed by atoms with E-state index >= 15 is 0 Å². The number of amides is 2. The number of hydrazine groups is 1. The highest BCUT2D eigenvalue weighted by Crippen LogP contribution is 2.19. The van der Waals surface area contributed by atoms with Gasteiger partial charge in [0.15, 0.2) is 0 Å². The first kappa shape index (κ1) is 14.4. The lowest BCUT2D eigenvalue weighted by atomic mass is 10.3. The average Bonchev–Trinajstić information content (AvgIpc) is 2.61. The summed E-state index contributed by atoms with van der Waals surface area (Å²) in [6.07, 6.45) is 0. The lowest BCUT2D eigenvalue weighted by molar-refractivity contribution is 0.197. The molecule has 0 bridgehead atoms. The van der Waals surface area contributed by atoms with Crippen LogP contribution in [0.15, 0.2) is 0 Å². The van der Waals surface area contributed by atoms with E-state index in [1.165, 1.54) is 4.90 Å². The van der Waals surface area contributed by atoms with Gasteiger partial charge in [-0.2, -0.15) is 5.26 Å². The summed E-state index contributed by atoms with van der Waals surface area (Å²) in [5.74, 6) is 1.29. The minimum Gasteiger partial charge on any atom is -0.298 e. The van der Waals surface area contributed by atoms with Gasteiger partial charge in [0.25, 0.3) is 0 Å². The first-order valence-electron chi connectivity index (χ1n) is 4.44. The van der Waals surface area contributed by atoms with Gasteiger partial charge < -0.3 is 0 Å². The SMILES string of the molecule is CC(C)NNC(=O)N1CSCC1C#N.Cl. The molecule has 0 saturated carbocycles. The molecule has 1 heterocycles. The molecule has 1 aliphatic heterocycles. The molecule has 1 atom stereocenters. The fourth-order valence-electron chi connectivity index (χ4n) is 1.03. The van der Waals surface area contributed by atoms with E-state index in [1.54, 1.807) is 11.8 Å². The molecule has 86 valence electrons. The van der Waals surface area contributed by atoms with Crippen molar-refractivity contribution in [3.8, 4) is 6.07 Å². The molecule has 2 amide bonds. The molecule has 0 aliphatic carbocycles. The van der Waals surface area contributed by atoms with Gasteiger partial charge in [0.1, 0.15) is 6.04 Å². The Bertz CT molecular complexity index is 256. The van der Waals surface area contributed by atoms with Crippen molar-refractivity contribution in [3.05, 3.63) is 0 Å². The van der Waals surface area contributed by atoms with Crippen LogP contribution in [-0.2, 0) is 0 Å². The van der Waals surface area contributed by atoms with Gasteiger partial charge in [-0.25, -0.2) is 10.2 Å². The summed E-state index contributed by atoms with van der Waals surface area (Å²) >= 11 is 1.59. The number of nitriles is 1. The van der Waals surface area contributed by atoms with Gasteiger partial charge in [0.2, 0.25) is 0 Å². The zero-order valence-electron chi connectivity index (χ0n) is 8.69. The number of hydrogen-bond acceptors (Lipinski definition) is 4. The van der Waals surface area contributed by atoms with Crippen LogP contribution in [0.3, 0.4) is 0 Å². The van der Waals surface area contributed by atoms with Crippen molar-refractivity contribution in [2.45, 2.75) is 25.9 Å². The van der Waals surface area contributed by atoms with Crippen molar-refractivity contribution in [3.63, 3.8) is 0 Å². The third-order valence-electron chi connectivity index (χ3n) is 1.76. The minimum absolute atomic E-state index is 0. The number of hydrogen-bond donors (Lipinski definition) is 2. The Morgan fingerprint density at radius 3 is 2.87 bits per heavy atom. The molecular weight excluding hydrogens is 236 g/mol. The molecule has 1 saturated heterocycles. The highest BCUT2D eigenvalue weighted by atomic mass is 35.5. The Labute approximate surface area is 99.9 Å². The van der Waals surface area contributed by atoms with Gasteiger partial charge in [-0.15, -0.1) is 24.2 Å². The number of urea groups is 1. The number of rotatable bonds is 2. The van der Waals surface area contributed by atoms with E-state index in [-0.39, 0.29) is 30.5 Å². The van der Waals surface area contributed by atoms with Gasteiger partial charge in [-0.05, 0) is 13.8 Å². The molecule has 7 heteroatoms. The number of carbonyl (C=O) groups is 1. The van der Waals surface area contributed by atoms with Gasteiger partial charge in [0.05, 0.1) is 11.9 Å². The van der Waals surface area contributed by atoms with E-state index in [0.29, 0.717) is 11.6 Å². The maximum atomic E-state index is 11.5. The third kappa shape index (κ3) is 4.16. The highest BCUT2D eigenvalue weighted by Gasteiger charge is 2.28. The molecule has 0 aromatic carbocycles. The van der Waals surface area contributed by atoms with Crippen LogP contribution in [0.2, 0.25) is 0 Å². The van der Waals surface area contributed by atoms with Gasteiger partial charge in [-0.1, -0.05) is 0 Å². The van der Waals surface area contributed by atoms with Crippen LogP contribution in [-0.4, -0.2) is 34.6 Å². The van der Waals surface area contributed by atoms with Crippen LogP contribution in [0.25, 0.3) is 0 Å². The van der Waals surface area contributed by atoms with E-state index < -0.39 is 0 Å². The van der Waals surface area contributed by atoms with Crippen molar-refractivity contribution in [1.29, 1.82) is 5.26 Å². The van der Waals surface area contributed by atoms with Crippen LogP contribution in [0.5, 0.6) is 0 Å². The molecule has 15 heavy (non-hydrogen) atoms. The van der Waals surface area contributed by atoms with Crippen molar-refractivity contribution in [2.75, 3.05) is 11.6 Å². The predicted molar refractivity (Wildman–Crippen MR) is 62.6 cm³/mol. The Morgan fingerprint density at radius 1 is 1.67 bits per heavy atom. The topological polar surface area (TPSA) is 68.2 Å². The Hall–Kier alpha value is -0.640. The maximum absolute atomic E-state index is 11.5. The van der Waals surface area contributed by atoms with Crippen molar-refractivity contribution < 1.29 is 4.79 Å². The fourth-order valence-corrected chi connectivity index (χ4v) is 2.10. The molecule has 1 unspecified atom stereocenters. The van der Waals surface area contributed by atoms with E-state index in [9.17, 15) is 4.79 Å². The summed E-state index contributed by atoms with van der Waals surface area (Å²) in [6, 6.07) is 1.76. The molecule has 2 N–H and O–H groups in total. The van der Waals surface area contributed by atoms with Crippen LogP contribution >= 0.6 is 24.2 Å². The lowest BCUT2D eigenvalue weighted by Gasteiger charge is -2.20. The molecule has 0 spiro atoms. The number of carbonyl (C=O) groups excluding carboxylic acids is 1. The van der Waals surface area contributed by atoms with Crippen LogP contribution < -0.4 is 10.9 Å². The number of nitrogens with one attached hydrogen (secondary N) is 2. The van der Waals surface area contributed by atoms with Crippen LogP contribution in [0, 0.1) is 11.3 Å². The first-order valence-corrected chi connectivity index (χ1v) is 5.60. The zero-order chi connectivity index (χ0) is 10.6. The highest BCUT2D eigenvalue weighted by molar-refractivity contribution is 7.99. The van der Waals surface area contributed by atoms with Gasteiger partial charge >= 0.3 is 6.03 Å². The molecule has 0 aromatic rings. The van der Waals surface area contributed by atoms with Crippen LogP contribution in [0.4, 0.5) is 4.79 Å². The third-order valence-corrected chi connectivity index (χ3v) is 2.77. The van der Waals surface area contributed by atoms with Crippen molar-refractivity contribution >= 4 is 30.2 Å². The second kappa shape index (κ2) is 6.77. The Kier molecular flexibility index (Phi) is 6.48. The summed E-state index contributed by atoms with van der Waals surface area (Å²) in [4.78, 5) is 13.0. The predicted octanol–water partition coefficient (Wildman–Crippen LogP) is 0.929. The zero-order valence-corrected chi connectivity index (χ0v) is 10.3. The van der Waals surface area contributed by atoms with E-state index in [4.69, 9.17) is 5.26 Å². The molecule has 0 radical (unpaired) electrons. The van der Waals surface area contributed by atoms with Crippen LogP contribution in [0.1, 0.15) is 13.8 Å². The summed E-state index contributed by atoms with van der Waals surface area (Å²) in [6.45, 7) is 3.86. The largest absolute Gasteiger partial charge is 0.333 e. The number of thioether (sulfide) groups is 1. The first-order chi connectivity index (χ1) is 6.65. The standard InChI is InChI=1S/C8H14N4OS.ClH/c1-6(2)10-11-8(13)12-5-14-4-7(12)3-9;/h6-7,10H,4-5H2,1-2H3,(H,11,13);1H. The normalized spacial score (nSPS) is 19.6. The van der Waals surface area contributed by atoms with Gasteiger partial charge in [0, 0.05) is 11.8 Å². The molecule has 1 aliphatic rings. The second-order valence-corrected chi connectivity index (χ2v) is 4.34. The van der Waals surface area contributed by atoms with E-state index in [0.717, 1.165) is 0 Å². The number of nitrogens with zero attached hydrogens (tertiary/aromatic N) is 2. The second-order valence-electron chi connectivity index (χ2n) is 3.34. The molecule has 5 nitrogen and oxygen atoms in total. The van der Waals surface area contributed by atoms with E-state index in [1.807, 2.05) is 13.8 Å².